The van der Waals surface area contributed by atoms with Gasteiger partial charge in [-0.25, -0.2) is 0 Å². The van der Waals surface area contributed by atoms with Crippen molar-refractivity contribution in [1.82, 2.24) is 5.32 Å². The van der Waals surface area contributed by atoms with Crippen LogP contribution in [0.3, 0.4) is 0 Å². The molecular weight excluding hydrogens is 316 g/mol. The second-order valence-corrected chi connectivity index (χ2v) is 5.56. The van der Waals surface area contributed by atoms with Gasteiger partial charge in [-0.15, -0.1) is 12.4 Å². The van der Waals surface area contributed by atoms with Gasteiger partial charge in [0.1, 0.15) is 5.75 Å². The fourth-order valence-corrected chi connectivity index (χ4v) is 2.73. The number of nitrogens with two attached hydrogens (primary N) is 1. The van der Waals surface area contributed by atoms with Crippen LogP contribution >= 0.6 is 12.4 Å². The Morgan fingerprint density at radius 3 is 2.78 bits per heavy atom. The Kier molecular flexibility index (Phi) is 8.99. The number of rotatable bonds is 7. The summed E-state index contributed by atoms with van der Waals surface area (Å²) in [4.78, 5) is 12.1. The molecule has 0 spiro atoms. The molecule has 0 radical (unpaired) electrons. The van der Waals surface area contributed by atoms with E-state index in [1.807, 2.05) is 31.2 Å². The molecule has 1 aliphatic rings. The summed E-state index contributed by atoms with van der Waals surface area (Å²) in [6, 6.07) is 7.47. The molecule has 6 heteroatoms. The lowest BCUT2D eigenvalue weighted by molar-refractivity contribution is -0.124. The van der Waals surface area contributed by atoms with Gasteiger partial charge in [0, 0.05) is 19.8 Å². The monoisotopic (exact) mass is 342 g/mol. The van der Waals surface area contributed by atoms with E-state index in [1.54, 1.807) is 0 Å². The van der Waals surface area contributed by atoms with Gasteiger partial charge < -0.3 is 20.5 Å². The molecular formula is C17H27ClN2O3. The van der Waals surface area contributed by atoms with E-state index in [1.165, 1.54) is 0 Å². The number of nitrogens with one attached hydrogen (secondary N) is 1. The molecule has 3 N–H and O–H groups in total. The minimum absolute atomic E-state index is 0. The lowest BCUT2D eigenvalue weighted by atomic mass is 9.92. The second-order valence-electron chi connectivity index (χ2n) is 5.56. The van der Waals surface area contributed by atoms with Crippen molar-refractivity contribution in [2.24, 2.45) is 11.7 Å². The summed E-state index contributed by atoms with van der Waals surface area (Å²) in [7, 11) is 0. The summed E-state index contributed by atoms with van der Waals surface area (Å²) in [6.45, 7) is 4.57. The molecule has 2 rings (SSSR count). The molecule has 0 aromatic heterocycles. The van der Waals surface area contributed by atoms with Gasteiger partial charge in [0.25, 0.3) is 0 Å². The van der Waals surface area contributed by atoms with Crippen molar-refractivity contribution in [3.8, 4) is 5.75 Å². The second kappa shape index (κ2) is 10.5. The zero-order valence-electron chi connectivity index (χ0n) is 13.6. The molecule has 0 bridgehead atoms. The normalized spacial score (nSPS) is 16.3. The number of halogens is 1. The van der Waals surface area contributed by atoms with Gasteiger partial charge in [-0.2, -0.15) is 0 Å². The molecule has 23 heavy (non-hydrogen) atoms. The van der Waals surface area contributed by atoms with E-state index in [-0.39, 0.29) is 24.2 Å². The molecule has 1 fully saturated rings. The van der Waals surface area contributed by atoms with Crippen LogP contribution in [0.4, 0.5) is 0 Å². The number of hydrogen-bond acceptors (Lipinski definition) is 4. The zero-order valence-corrected chi connectivity index (χ0v) is 14.4. The van der Waals surface area contributed by atoms with Gasteiger partial charge in [-0.1, -0.05) is 18.2 Å². The molecule has 0 saturated carbocycles. The minimum atomic E-state index is -0.439. The highest BCUT2D eigenvalue weighted by molar-refractivity contribution is 5.85. The molecule has 1 amide bonds. The van der Waals surface area contributed by atoms with Crippen LogP contribution < -0.4 is 15.8 Å². The predicted molar refractivity (Wildman–Crippen MR) is 93.1 cm³/mol. The van der Waals surface area contributed by atoms with Crippen LogP contribution in [0, 0.1) is 5.92 Å². The third-order valence-electron chi connectivity index (χ3n) is 4.04. The summed E-state index contributed by atoms with van der Waals surface area (Å²) in [5.74, 6) is 1.04. The lowest BCUT2D eigenvalue weighted by Gasteiger charge is -2.26. The third kappa shape index (κ3) is 6.01. The van der Waals surface area contributed by atoms with E-state index in [0.717, 1.165) is 30.6 Å². The van der Waals surface area contributed by atoms with Crippen LogP contribution in [0.25, 0.3) is 0 Å². The summed E-state index contributed by atoms with van der Waals surface area (Å²) in [5, 5.41) is 2.94. The van der Waals surface area contributed by atoms with Gasteiger partial charge in [-0.3, -0.25) is 4.79 Å². The van der Waals surface area contributed by atoms with Gasteiger partial charge in [0.05, 0.1) is 12.6 Å². The van der Waals surface area contributed by atoms with Crippen molar-refractivity contribution >= 4 is 18.3 Å². The Balaban J connectivity index is 0.00000264. The van der Waals surface area contributed by atoms with Gasteiger partial charge in [0.2, 0.25) is 5.91 Å². The highest BCUT2D eigenvalue weighted by Gasteiger charge is 2.26. The molecule has 1 unspecified atom stereocenters. The fourth-order valence-electron chi connectivity index (χ4n) is 2.73. The number of para-hydroxylation sites is 1. The summed E-state index contributed by atoms with van der Waals surface area (Å²) < 4.78 is 10.9. The lowest BCUT2D eigenvalue weighted by Crippen LogP contribution is -2.47. The maximum atomic E-state index is 12.1. The number of hydrogen-bond donors (Lipinski definition) is 2. The Hall–Kier alpha value is -1.30. The zero-order chi connectivity index (χ0) is 15.8. The molecule has 130 valence electrons. The smallest absolute Gasteiger partial charge is 0.237 e. The van der Waals surface area contributed by atoms with Crippen LogP contribution in [-0.4, -0.2) is 38.3 Å². The number of amides is 1. The van der Waals surface area contributed by atoms with Crippen molar-refractivity contribution in [2.45, 2.75) is 32.2 Å². The largest absolute Gasteiger partial charge is 0.494 e. The van der Waals surface area contributed by atoms with Crippen LogP contribution in [0.1, 0.15) is 25.3 Å². The van der Waals surface area contributed by atoms with Crippen LogP contribution in [-0.2, 0) is 16.0 Å². The minimum Gasteiger partial charge on any atom is -0.494 e. The Bertz CT molecular complexity index is 479. The molecule has 0 aliphatic carbocycles. The van der Waals surface area contributed by atoms with Crippen LogP contribution in [0.5, 0.6) is 5.75 Å². The van der Waals surface area contributed by atoms with Crippen molar-refractivity contribution in [3.05, 3.63) is 29.8 Å². The predicted octanol–water partition coefficient (Wildman–Crippen LogP) is 1.92. The number of carbonyl (C=O) groups is 1. The first-order valence-corrected chi connectivity index (χ1v) is 8.04. The van der Waals surface area contributed by atoms with Gasteiger partial charge in [0.15, 0.2) is 0 Å². The van der Waals surface area contributed by atoms with E-state index < -0.39 is 6.04 Å². The first-order valence-electron chi connectivity index (χ1n) is 8.04. The number of ether oxygens (including phenoxy) is 2. The Morgan fingerprint density at radius 2 is 2.09 bits per heavy atom. The maximum Gasteiger partial charge on any atom is 0.237 e. The van der Waals surface area contributed by atoms with E-state index in [0.29, 0.717) is 26.4 Å². The van der Waals surface area contributed by atoms with E-state index in [2.05, 4.69) is 5.32 Å². The molecule has 1 aromatic rings. The average molecular weight is 343 g/mol. The number of carbonyl (C=O) groups excluding carboxylic acids is 1. The van der Waals surface area contributed by atoms with Crippen molar-refractivity contribution in [2.75, 3.05) is 26.4 Å². The molecule has 1 aliphatic heterocycles. The van der Waals surface area contributed by atoms with E-state index in [9.17, 15) is 4.79 Å². The van der Waals surface area contributed by atoms with Crippen LogP contribution in [0.2, 0.25) is 0 Å². The van der Waals surface area contributed by atoms with Gasteiger partial charge in [-0.05, 0) is 43.7 Å². The highest BCUT2D eigenvalue weighted by atomic mass is 35.5. The molecule has 1 saturated heterocycles. The van der Waals surface area contributed by atoms with Crippen molar-refractivity contribution in [3.63, 3.8) is 0 Å². The summed E-state index contributed by atoms with van der Waals surface area (Å²) in [5.41, 5.74) is 7.16. The standard InChI is InChI=1S/C17H26N2O3.ClH/c1-2-22-15-6-4-3-5-13(15)7-10-19-17(20)16(18)14-8-11-21-12-9-14;/h3-6,14,16H,2,7-12,18H2,1H3,(H,19,20);1H. The quantitative estimate of drug-likeness (QED) is 0.794. The first kappa shape index (κ1) is 19.7. The van der Waals surface area contributed by atoms with E-state index in [4.69, 9.17) is 15.2 Å². The molecule has 1 aromatic carbocycles. The van der Waals surface area contributed by atoms with Crippen molar-refractivity contribution < 1.29 is 14.3 Å². The van der Waals surface area contributed by atoms with Crippen LogP contribution in [0.15, 0.2) is 24.3 Å². The Labute approximate surface area is 144 Å². The summed E-state index contributed by atoms with van der Waals surface area (Å²) >= 11 is 0. The van der Waals surface area contributed by atoms with Gasteiger partial charge >= 0.3 is 0 Å². The maximum absolute atomic E-state index is 12.1. The molecule has 1 atom stereocenters. The Morgan fingerprint density at radius 1 is 1.39 bits per heavy atom. The van der Waals surface area contributed by atoms with Crippen molar-refractivity contribution in [1.29, 1.82) is 0 Å². The average Bonchev–Trinajstić information content (AvgIpc) is 2.56. The van der Waals surface area contributed by atoms with E-state index >= 15 is 0 Å². The first-order chi connectivity index (χ1) is 10.7. The number of benzene rings is 1. The highest BCUT2D eigenvalue weighted by Crippen LogP contribution is 2.19. The topological polar surface area (TPSA) is 73.6 Å². The fraction of sp³-hybridized carbons (Fsp3) is 0.588. The SMILES string of the molecule is CCOc1ccccc1CCNC(=O)C(N)C1CCOCC1.Cl. The third-order valence-corrected chi connectivity index (χ3v) is 4.04. The molecule has 1 heterocycles. The molecule has 5 nitrogen and oxygen atoms in total. The summed E-state index contributed by atoms with van der Waals surface area (Å²) in [6.07, 6.45) is 2.46.